The van der Waals surface area contributed by atoms with Crippen molar-refractivity contribution < 1.29 is 0 Å². The molecule has 1 N–H and O–H groups in total. The van der Waals surface area contributed by atoms with E-state index < -0.39 is 0 Å². The summed E-state index contributed by atoms with van der Waals surface area (Å²) in [6, 6.07) is 5.65. The van der Waals surface area contributed by atoms with E-state index in [1.54, 1.807) is 0 Å². The molecule has 3 unspecified atom stereocenters. The quantitative estimate of drug-likeness (QED) is 0.829. The first-order chi connectivity index (χ1) is 9.93. The molecule has 0 bridgehead atoms. The van der Waals surface area contributed by atoms with Crippen molar-refractivity contribution in [2.45, 2.75) is 59.0 Å². The third kappa shape index (κ3) is 4.54. The zero-order valence-electron chi connectivity index (χ0n) is 14.4. The van der Waals surface area contributed by atoms with Crippen LogP contribution < -0.4 is 5.32 Å². The van der Waals surface area contributed by atoms with Crippen LogP contribution in [-0.4, -0.2) is 31.1 Å². The lowest BCUT2D eigenvalue weighted by atomic mass is 9.69. The molecule has 3 atom stereocenters. The second-order valence-electron chi connectivity index (χ2n) is 7.46. The van der Waals surface area contributed by atoms with Gasteiger partial charge < -0.3 is 5.32 Å². The molecule has 0 spiro atoms. The first-order valence-corrected chi connectivity index (χ1v) is 9.28. The Balaban J connectivity index is 1.99. The maximum Gasteiger partial charge on any atom is 0.0410 e. The standard InChI is InChI=1S/C18H32N2S/c1-6-19-16-9-10-18(3,4)12-15(16)13-20(5)14(2)17-8-7-11-21-17/h7-8,11,14-16,19H,6,9-10,12-13H2,1-5H3. The Hall–Kier alpha value is -0.380. The summed E-state index contributed by atoms with van der Waals surface area (Å²) in [7, 11) is 2.29. The molecule has 120 valence electrons. The largest absolute Gasteiger partial charge is 0.314 e. The highest BCUT2D eigenvalue weighted by atomic mass is 32.1. The molecule has 0 radical (unpaired) electrons. The highest BCUT2D eigenvalue weighted by Crippen LogP contribution is 2.39. The molecule has 1 aromatic heterocycles. The summed E-state index contributed by atoms with van der Waals surface area (Å²) in [5.74, 6) is 0.765. The Morgan fingerprint density at radius 3 is 2.86 bits per heavy atom. The van der Waals surface area contributed by atoms with Crippen LogP contribution in [0.25, 0.3) is 0 Å². The molecule has 1 aliphatic rings. The molecule has 0 saturated heterocycles. The van der Waals surface area contributed by atoms with Gasteiger partial charge in [-0.25, -0.2) is 0 Å². The monoisotopic (exact) mass is 308 g/mol. The summed E-state index contributed by atoms with van der Waals surface area (Å²) in [4.78, 5) is 4.02. The fourth-order valence-corrected chi connectivity index (χ4v) is 4.58. The lowest BCUT2D eigenvalue weighted by molar-refractivity contribution is 0.0978. The Labute approximate surface area is 134 Å². The second kappa shape index (κ2) is 7.26. The molecule has 2 rings (SSSR count). The third-order valence-electron chi connectivity index (χ3n) is 5.12. The molecule has 0 aromatic carbocycles. The van der Waals surface area contributed by atoms with Crippen LogP contribution in [-0.2, 0) is 0 Å². The molecule has 0 amide bonds. The molecule has 2 nitrogen and oxygen atoms in total. The Morgan fingerprint density at radius 1 is 1.48 bits per heavy atom. The number of thiophene rings is 1. The van der Waals surface area contributed by atoms with Crippen molar-refractivity contribution in [2.75, 3.05) is 20.1 Å². The van der Waals surface area contributed by atoms with E-state index >= 15 is 0 Å². The average molecular weight is 309 g/mol. The summed E-state index contributed by atoms with van der Waals surface area (Å²) in [6.45, 7) is 11.7. The number of hydrogen-bond donors (Lipinski definition) is 1. The van der Waals surface area contributed by atoms with Gasteiger partial charge in [0.25, 0.3) is 0 Å². The normalized spacial score (nSPS) is 27.0. The van der Waals surface area contributed by atoms with Crippen molar-refractivity contribution in [3.05, 3.63) is 22.4 Å². The predicted molar refractivity (Wildman–Crippen MR) is 94.0 cm³/mol. The summed E-state index contributed by atoms with van der Waals surface area (Å²) in [5, 5.41) is 5.91. The van der Waals surface area contributed by atoms with Gasteiger partial charge in [0, 0.05) is 23.5 Å². The van der Waals surface area contributed by atoms with Gasteiger partial charge in [0.15, 0.2) is 0 Å². The van der Waals surface area contributed by atoms with Crippen LogP contribution >= 0.6 is 11.3 Å². The van der Waals surface area contributed by atoms with Crippen molar-refractivity contribution >= 4 is 11.3 Å². The van der Waals surface area contributed by atoms with Crippen LogP contribution in [0.1, 0.15) is 57.9 Å². The van der Waals surface area contributed by atoms with Crippen LogP contribution in [0, 0.1) is 11.3 Å². The van der Waals surface area contributed by atoms with E-state index in [0.29, 0.717) is 17.5 Å². The fraction of sp³-hybridized carbons (Fsp3) is 0.778. The first kappa shape index (κ1) is 17.0. The van der Waals surface area contributed by atoms with E-state index in [1.807, 2.05) is 11.3 Å². The number of nitrogens with one attached hydrogen (secondary N) is 1. The molecule has 1 aromatic rings. The molecule has 21 heavy (non-hydrogen) atoms. The van der Waals surface area contributed by atoms with E-state index in [9.17, 15) is 0 Å². The fourth-order valence-electron chi connectivity index (χ4n) is 3.73. The molecule has 1 aliphatic carbocycles. The van der Waals surface area contributed by atoms with Gasteiger partial charge in [-0.05, 0) is 62.6 Å². The van der Waals surface area contributed by atoms with Crippen molar-refractivity contribution in [1.29, 1.82) is 0 Å². The smallest absolute Gasteiger partial charge is 0.0410 e. The summed E-state index contributed by atoms with van der Waals surface area (Å²) < 4.78 is 0. The summed E-state index contributed by atoms with van der Waals surface area (Å²) in [5.41, 5.74) is 0.504. The number of hydrogen-bond acceptors (Lipinski definition) is 3. The van der Waals surface area contributed by atoms with Crippen LogP contribution in [0.4, 0.5) is 0 Å². The van der Waals surface area contributed by atoms with Crippen LogP contribution in [0.5, 0.6) is 0 Å². The lowest BCUT2D eigenvalue weighted by Crippen LogP contribution is -2.47. The third-order valence-corrected chi connectivity index (χ3v) is 6.16. The summed E-state index contributed by atoms with van der Waals surface area (Å²) >= 11 is 1.87. The van der Waals surface area contributed by atoms with Gasteiger partial charge in [0.05, 0.1) is 0 Å². The van der Waals surface area contributed by atoms with Crippen molar-refractivity contribution in [3.8, 4) is 0 Å². The Kier molecular flexibility index (Phi) is 5.87. The van der Waals surface area contributed by atoms with E-state index in [4.69, 9.17) is 0 Å². The van der Waals surface area contributed by atoms with Gasteiger partial charge >= 0.3 is 0 Å². The van der Waals surface area contributed by atoms with Crippen LogP contribution in [0.15, 0.2) is 17.5 Å². The predicted octanol–water partition coefficient (Wildman–Crippen LogP) is 4.55. The minimum absolute atomic E-state index is 0.504. The van der Waals surface area contributed by atoms with E-state index in [-0.39, 0.29) is 0 Å². The SMILES string of the molecule is CCNC1CCC(C)(C)CC1CN(C)C(C)c1cccs1. The molecule has 3 heteroatoms. The van der Waals surface area contributed by atoms with Gasteiger partial charge in [0.1, 0.15) is 0 Å². The molecule has 1 fully saturated rings. The van der Waals surface area contributed by atoms with Crippen molar-refractivity contribution in [3.63, 3.8) is 0 Å². The lowest BCUT2D eigenvalue weighted by Gasteiger charge is -2.43. The topological polar surface area (TPSA) is 15.3 Å². The molecular formula is C18H32N2S. The van der Waals surface area contributed by atoms with Crippen molar-refractivity contribution in [1.82, 2.24) is 10.2 Å². The van der Waals surface area contributed by atoms with E-state index in [2.05, 4.69) is 62.5 Å². The Morgan fingerprint density at radius 2 is 2.24 bits per heavy atom. The molecule has 1 saturated carbocycles. The van der Waals surface area contributed by atoms with Gasteiger partial charge in [-0.2, -0.15) is 0 Å². The second-order valence-corrected chi connectivity index (χ2v) is 8.44. The van der Waals surface area contributed by atoms with E-state index in [1.165, 1.54) is 30.7 Å². The first-order valence-electron chi connectivity index (χ1n) is 8.40. The molecular weight excluding hydrogens is 276 g/mol. The van der Waals surface area contributed by atoms with Gasteiger partial charge in [-0.15, -0.1) is 11.3 Å². The maximum atomic E-state index is 3.73. The zero-order chi connectivity index (χ0) is 15.5. The van der Waals surface area contributed by atoms with Crippen LogP contribution in [0.3, 0.4) is 0 Å². The van der Waals surface area contributed by atoms with Crippen LogP contribution in [0.2, 0.25) is 0 Å². The zero-order valence-corrected chi connectivity index (χ0v) is 15.2. The maximum absolute atomic E-state index is 3.73. The van der Waals surface area contributed by atoms with Gasteiger partial charge in [-0.1, -0.05) is 26.8 Å². The minimum atomic E-state index is 0.504. The number of rotatable bonds is 6. The van der Waals surface area contributed by atoms with Gasteiger partial charge in [-0.3, -0.25) is 4.90 Å². The highest BCUT2D eigenvalue weighted by molar-refractivity contribution is 7.10. The summed E-state index contributed by atoms with van der Waals surface area (Å²) in [6.07, 6.45) is 4.02. The molecule has 1 heterocycles. The highest BCUT2D eigenvalue weighted by Gasteiger charge is 2.35. The van der Waals surface area contributed by atoms with Gasteiger partial charge in [0.2, 0.25) is 0 Å². The Bertz CT molecular complexity index is 413. The number of nitrogens with zero attached hydrogens (tertiary/aromatic N) is 1. The molecule has 0 aliphatic heterocycles. The average Bonchev–Trinajstić information content (AvgIpc) is 2.94. The minimum Gasteiger partial charge on any atom is -0.314 e. The van der Waals surface area contributed by atoms with E-state index in [0.717, 1.165) is 12.5 Å². The van der Waals surface area contributed by atoms with Crippen molar-refractivity contribution in [2.24, 2.45) is 11.3 Å².